The first-order chi connectivity index (χ1) is 14.4. The number of pyridine rings is 1. The standard InChI is InChI=1S/C24H30N4O2/c1-17(2)28(14-20-13-18(3)8-9-19(20)4)15-23-27-22(16-30-23)24(29)26-12-10-21-7-5-6-11-25-21/h5-9,11,13,16-17H,10,12,14-15H2,1-4H3,(H,26,29). The number of benzene rings is 1. The summed E-state index contributed by atoms with van der Waals surface area (Å²) in [6.45, 7) is 10.4. The Morgan fingerprint density at radius 2 is 2.00 bits per heavy atom. The van der Waals surface area contributed by atoms with Gasteiger partial charge in [0.2, 0.25) is 5.89 Å². The number of amides is 1. The summed E-state index contributed by atoms with van der Waals surface area (Å²) in [5.74, 6) is 0.315. The minimum atomic E-state index is -0.230. The molecule has 30 heavy (non-hydrogen) atoms. The van der Waals surface area contributed by atoms with Crippen LogP contribution in [0.25, 0.3) is 0 Å². The topological polar surface area (TPSA) is 71.3 Å². The van der Waals surface area contributed by atoms with Gasteiger partial charge in [0.05, 0.1) is 6.54 Å². The molecule has 2 heterocycles. The summed E-state index contributed by atoms with van der Waals surface area (Å²) >= 11 is 0. The van der Waals surface area contributed by atoms with Crippen LogP contribution >= 0.6 is 0 Å². The van der Waals surface area contributed by atoms with Crippen molar-refractivity contribution in [2.75, 3.05) is 6.54 Å². The van der Waals surface area contributed by atoms with Crippen LogP contribution in [0.1, 0.15) is 52.6 Å². The predicted octanol–water partition coefficient (Wildman–Crippen LogP) is 4.07. The molecule has 0 aliphatic carbocycles. The molecule has 1 aromatic carbocycles. The van der Waals surface area contributed by atoms with Gasteiger partial charge in [0, 0.05) is 37.4 Å². The summed E-state index contributed by atoms with van der Waals surface area (Å²) in [6, 6.07) is 12.6. The Bertz CT molecular complexity index is 966. The molecule has 6 heteroatoms. The van der Waals surface area contributed by atoms with E-state index in [0.29, 0.717) is 37.1 Å². The van der Waals surface area contributed by atoms with E-state index in [-0.39, 0.29) is 5.91 Å². The maximum Gasteiger partial charge on any atom is 0.273 e. The van der Waals surface area contributed by atoms with Crippen LogP contribution < -0.4 is 5.32 Å². The molecule has 2 aromatic heterocycles. The van der Waals surface area contributed by atoms with E-state index in [1.807, 2.05) is 18.2 Å². The van der Waals surface area contributed by atoms with Gasteiger partial charge >= 0.3 is 0 Å². The normalized spacial score (nSPS) is 11.3. The lowest BCUT2D eigenvalue weighted by molar-refractivity contribution is 0.0949. The van der Waals surface area contributed by atoms with Gasteiger partial charge in [-0.15, -0.1) is 0 Å². The molecule has 0 fully saturated rings. The van der Waals surface area contributed by atoms with E-state index in [1.54, 1.807) is 6.20 Å². The van der Waals surface area contributed by atoms with Crippen LogP contribution in [0.5, 0.6) is 0 Å². The van der Waals surface area contributed by atoms with Gasteiger partial charge in [-0.1, -0.05) is 29.8 Å². The van der Waals surface area contributed by atoms with Crippen molar-refractivity contribution in [1.29, 1.82) is 0 Å². The number of nitrogens with one attached hydrogen (secondary N) is 1. The lowest BCUT2D eigenvalue weighted by atomic mass is 10.0. The highest BCUT2D eigenvalue weighted by Gasteiger charge is 2.17. The number of aromatic nitrogens is 2. The molecule has 1 amide bonds. The van der Waals surface area contributed by atoms with Gasteiger partial charge < -0.3 is 9.73 Å². The van der Waals surface area contributed by atoms with Gasteiger partial charge in [0.1, 0.15) is 6.26 Å². The van der Waals surface area contributed by atoms with E-state index in [2.05, 4.69) is 66.1 Å². The van der Waals surface area contributed by atoms with Gasteiger partial charge in [-0.3, -0.25) is 14.7 Å². The van der Waals surface area contributed by atoms with E-state index in [4.69, 9.17) is 4.42 Å². The molecule has 0 unspecified atom stereocenters. The highest BCUT2D eigenvalue weighted by Crippen LogP contribution is 2.17. The van der Waals surface area contributed by atoms with Crippen molar-refractivity contribution < 1.29 is 9.21 Å². The van der Waals surface area contributed by atoms with Crippen LogP contribution in [0.15, 0.2) is 53.3 Å². The van der Waals surface area contributed by atoms with Crippen molar-refractivity contribution >= 4 is 5.91 Å². The second-order valence-corrected chi connectivity index (χ2v) is 7.88. The fraction of sp³-hybridized carbons (Fsp3) is 0.375. The van der Waals surface area contributed by atoms with E-state index < -0.39 is 0 Å². The lowest BCUT2D eigenvalue weighted by Gasteiger charge is -2.26. The molecule has 3 aromatic rings. The molecule has 0 aliphatic heterocycles. The zero-order valence-corrected chi connectivity index (χ0v) is 18.2. The van der Waals surface area contributed by atoms with E-state index in [0.717, 1.165) is 12.2 Å². The number of carbonyl (C=O) groups excluding carboxylic acids is 1. The molecule has 158 valence electrons. The Labute approximate surface area is 178 Å². The first-order valence-electron chi connectivity index (χ1n) is 10.3. The molecule has 0 aliphatic rings. The number of rotatable bonds is 9. The Kier molecular flexibility index (Phi) is 7.36. The Morgan fingerprint density at radius 3 is 2.73 bits per heavy atom. The smallest absolute Gasteiger partial charge is 0.273 e. The second-order valence-electron chi connectivity index (χ2n) is 7.88. The summed E-state index contributed by atoms with van der Waals surface area (Å²) in [6.07, 6.45) is 3.86. The highest BCUT2D eigenvalue weighted by atomic mass is 16.3. The van der Waals surface area contributed by atoms with Gasteiger partial charge in [-0.2, -0.15) is 0 Å². The monoisotopic (exact) mass is 406 g/mol. The van der Waals surface area contributed by atoms with Gasteiger partial charge in [-0.25, -0.2) is 4.98 Å². The number of nitrogens with zero attached hydrogens (tertiary/aromatic N) is 3. The van der Waals surface area contributed by atoms with E-state index >= 15 is 0 Å². The Balaban J connectivity index is 1.58. The number of hydrogen-bond acceptors (Lipinski definition) is 5. The van der Waals surface area contributed by atoms with Crippen LogP contribution in [-0.2, 0) is 19.5 Å². The predicted molar refractivity (Wildman–Crippen MR) is 117 cm³/mol. The third kappa shape index (κ3) is 6.00. The largest absolute Gasteiger partial charge is 0.447 e. The number of aryl methyl sites for hydroxylation is 2. The maximum absolute atomic E-state index is 12.4. The van der Waals surface area contributed by atoms with Crippen LogP contribution in [0.3, 0.4) is 0 Å². The molecule has 0 spiro atoms. The van der Waals surface area contributed by atoms with Crippen molar-refractivity contribution in [3.05, 3.63) is 82.8 Å². The lowest BCUT2D eigenvalue weighted by Crippen LogP contribution is -2.30. The highest BCUT2D eigenvalue weighted by molar-refractivity contribution is 5.91. The first kappa shape index (κ1) is 21.7. The maximum atomic E-state index is 12.4. The molecule has 0 saturated carbocycles. The van der Waals surface area contributed by atoms with Crippen molar-refractivity contribution in [2.24, 2.45) is 0 Å². The Hall–Kier alpha value is -2.99. The van der Waals surface area contributed by atoms with Crippen LogP contribution in [0.2, 0.25) is 0 Å². The zero-order chi connectivity index (χ0) is 21.5. The van der Waals surface area contributed by atoms with Crippen LogP contribution in [0, 0.1) is 13.8 Å². The average Bonchev–Trinajstić information content (AvgIpc) is 3.19. The van der Waals surface area contributed by atoms with E-state index in [9.17, 15) is 4.79 Å². The van der Waals surface area contributed by atoms with E-state index in [1.165, 1.54) is 23.0 Å². The van der Waals surface area contributed by atoms with Crippen molar-refractivity contribution in [3.63, 3.8) is 0 Å². The van der Waals surface area contributed by atoms with Crippen molar-refractivity contribution in [3.8, 4) is 0 Å². The number of hydrogen-bond donors (Lipinski definition) is 1. The fourth-order valence-corrected chi connectivity index (χ4v) is 3.21. The molecule has 1 N–H and O–H groups in total. The summed E-state index contributed by atoms with van der Waals surface area (Å²) in [5.41, 5.74) is 5.06. The van der Waals surface area contributed by atoms with Crippen molar-refractivity contribution in [2.45, 2.75) is 53.2 Å². The second kappa shape index (κ2) is 10.2. The average molecular weight is 407 g/mol. The minimum Gasteiger partial charge on any atom is -0.447 e. The quantitative estimate of drug-likeness (QED) is 0.580. The molecule has 0 atom stereocenters. The number of carbonyl (C=O) groups is 1. The summed E-state index contributed by atoms with van der Waals surface area (Å²) < 4.78 is 5.60. The molecular weight excluding hydrogens is 376 g/mol. The molecular formula is C24H30N4O2. The summed E-state index contributed by atoms with van der Waals surface area (Å²) in [7, 11) is 0. The van der Waals surface area contributed by atoms with Gasteiger partial charge in [-0.05, 0) is 51.0 Å². The Morgan fingerprint density at radius 1 is 1.17 bits per heavy atom. The molecule has 0 saturated heterocycles. The summed E-state index contributed by atoms with van der Waals surface area (Å²) in [5, 5.41) is 2.88. The van der Waals surface area contributed by atoms with Gasteiger partial charge in [0.15, 0.2) is 5.69 Å². The van der Waals surface area contributed by atoms with Gasteiger partial charge in [0.25, 0.3) is 5.91 Å². The summed E-state index contributed by atoms with van der Waals surface area (Å²) in [4.78, 5) is 23.3. The third-order valence-electron chi connectivity index (χ3n) is 5.12. The molecule has 6 nitrogen and oxygen atoms in total. The van der Waals surface area contributed by atoms with Crippen molar-refractivity contribution in [1.82, 2.24) is 20.2 Å². The number of oxazole rings is 1. The third-order valence-corrected chi connectivity index (χ3v) is 5.12. The minimum absolute atomic E-state index is 0.230. The van der Waals surface area contributed by atoms with Crippen LogP contribution in [0.4, 0.5) is 0 Å². The molecule has 0 bridgehead atoms. The first-order valence-corrected chi connectivity index (χ1v) is 10.3. The molecule has 3 rings (SSSR count). The molecule has 0 radical (unpaired) electrons. The van der Waals surface area contributed by atoms with Crippen LogP contribution in [-0.4, -0.2) is 33.4 Å². The SMILES string of the molecule is Cc1ccc(C)c(CN(Cc2nc(C(=O)NCCc3ccccn3)co2)C(C)C)c1. The zero-order valence-electron chi connectivity index (χ0n) is 18.2. The fourth-order valence-electron chi connectivity index (χ4n) is 3.21.